The first-order chi connectivity index (χ1) is 9.38. The first kappa shape index (κ1) is 14.1. The van der Waals surface area contributed by atoms with E-state index in [1.807, 2.05) is 5.32 Å². The maximum atomic E-state index is 12.1. The number of fused-ring (bicyclic) bond motifs is 1. The maximum Gasteiger partial charge on any atom is 0.416 e. The Labute approximate surface area is 111 Å². The predicted molar refractivity (Wildman–Crippen MR) is 64.3 cm³/mol. The van der Waals surface area contributed by atoms with Gasteiger partial charge < -0.3 is 10.4 Å². The zero-order valence-corrected chi connectivity index (χ0v) is 10.1. The first-order valence-electron chi connectivity index (χ1n) is 5.59. The van der Waals surface area contributed by atoms with Crippen molar-refractivity contribution in [3.63, 3.8) is 0 Å². The molecule has 0 fully saturated rings. The summed E-state index contributed by atoms with van der Waals surface area (Å²) in [5, 5.41) is 13.1. The highest BCUT2D eigenvalue weighted by atomic mass is 19.4. The summed E-state index contributed by atoms with van der Waals surface area (Å²) >= 11 is 0. The largest absolute Gasteiger partial charge is 0.416 e. The lowest BCUT2D eigenvalue weighted by atomic mass is 10.3. The van der Waals surface area contributed by atoms with Crippen molar-refractivity contribution in [2.24, 2.45) is 0 Å². The molecular weight excluding hydrogens is 277 g/mol. The van der Waals surface area contributed by atoms with Crippen molar-refractivity contribution >= 4 is 17.5 Å². The van der Waals surface area contributed by atoms with Gasteiger partial charge in [0, 0.05) is 12.4 Å². The van der Waals surface area contributed by atoms with Crippen LogP contribution in [0.3, 0.4) is 0 Å². The Balaban J connectivity index is 1.97. The van der Waals surface area contributed by atoms with Crippen LogP contribution >= 0.6 is 0 Å². The zero-order valence-electron chi connectivity index (χ0n) is 10.1. The van der Waals surface area contributed by atoms with E-state index in [4.69, 9.17) is 5.11 Å². The molecule has 0 radical (unpaired) electrons. The second kappa shape index (κ2) is 5.37. The third-order valence-corrected chi connectivity index (χ3v) is 2.50. The number of alkyl halides is 3. The summed E-state index contributed by atoms with van der Waals surface area (Å²) in [5.41, 5.74) is 0.582. The van der Waals surface area contributed by atoms with Gasteiger partial charge in [-0.2, -0.15) is 13.2 Å². The second-order valence-corrected chi connectivity index (χ2v) is 3.96. The Kier molecular flexibility index (Phi) is 3.79. The van der Waals surface area contributed by atoms with Crippen molar-refractivity contribution in [1.29, 1.82) is 0 Å². The number of amides is 2. The standard InChI is InChI=1S/C11H11F3N4O2/c12-11(13,14)7(19)6-16-10(20)17-9-3-1-2-8-15-4-5-18(8)9/h1-5,7,19H,6H2,(H2,16,17,20). The Morgan fingerprint density at radius 1 is 1.45 bits per heavy atom. The number of carbonyl (C=O) groups excluding carboxylic acids is 1. The lowest BCUT2D eigenvalue weighted by Gasteiger charge is -2.15. The Bertz CT molecular complexity index is 611. The molecule has 108 valence electrons. The van der Waals surface area contributed by atoms with Gasteiger partial charge in [0.1, 0.15) is 11.5 Å². The molecular formula is C11H11F3N4O2. The first-order valence-corrected chi connectivity index (χ1v) is 5.59. The van der Waals surface area contributed by atoms with Crippen LogP contribution in [0.15, 0.2) is 30.6 Å². The summed E-state index contributed by atoms with van der Waals surface area (Å²) in [6, 6.07) is 4.06. The number of anilines is 1. The smallest absolute Gasteiger partial charge is 0.382 e. The van der Waals surface area contributed by atoms with Gasteiger partial charge >= 0.3 is 12.2 Å². The number of rotatable bonds is 3. The fraction of sp³-hybridized carbons (Fsp3) is 0.273. The molecule has 0 aromatic carbocycles. The number of urea groups is 1. The molecule has 0 aliphatic rings. The summed E-state index contributed by atoms with van der Waals surface area (Å²) < 4.78 is 37.7. The lowest BCUT2D eigenvalue weighted by Crippen LogP contribution is -2.42. The van der Waals surface area contributed by atoms with Crippen LogP contribution in [-0.2, 0) is 0 Å². The average Bonchev–Trinajstić information content (AvgIpc) is 2.84. The van der Waals surface area contributed by atoms with E-state index in [9.17, 15) is 18.0 Å². The van der Waals surface area contributed by atoms with E-state index in [2.05, 4.69) is 10.3 Å². The molecule has 0 aliphatic carbocycles. The molecule has 2 aromatic rings. The van der Waals surface area contributed by atoms with E-state index < -0.39 is 24.9 Å². The van der Waals surface area contributed by atoms with Gasteiger partial charge in [-0.1, -0.05) is 6.07 Å². The summed E-state index contributed by atoms with van der Waals surface area (Å²) in [5.74, 6) is 0.346. The summed E-state index contributed by atoms with van der Waals surface area (Å²) in [6.07, 6.45) is -4.25. The number of carbonyl (C=O) groups is 1. The minimum absolute atomic E-state index is 0.346. The number of hydrogen-bond donors (Lipinski definition) is 3. The van der Waals surface area contributed by atoms with Crippen LogP contribution in [0, 0.1) is 0 Å². The van der Waals surface area contributed by atoms with Crippen LogP contribution in [0.4, 0.5) is 23.8 Å². The van der Waals surface area contributed by atoms with E-state index in [1.165, 1.54) is 6.20 Å². The highest BCUT2D eigenvalue weighted by Gasteiger charge is 2.38. The maximum absolute atomic E-state index is 12.1. The van der Waals surface area contributed by atoms with Crippen LogP contribution in [-0.4, -0.2) is 39.3 Å². The Hall–Kier alpha value is -2.29. The number of hydrogen-bond acceptors (Lipinski definition) is 3. The third kappa shape index (κ3) is 3.18. The minimum atomic E-state index is -4.77. The lowest BCUT2D eigenvalue weighted by molar-refractivity contribution is -0.201. The fourth-order valence-corrected chi connectivity index (χ4v) is 1.52. The zero-order chi connectivity index (χ0) is 14.8. The normalized spacial score (nSPS) is 13.2. The molecule has 2 amide bonds. The molecule has 1 atom stereocenters. The molecule has 0 saturated heterocycles. The van der Waals surface area contributed by atoms with Gasteiger partial charge in [0.2, 0.25) is 0 Å². The molecule has 0 saturated carbocycles. The van der Waals surface area contributed by atoms with Crippen molar-refractivity contribution in [3.05, 3.63) is 30.6 Å². The number of aliphatic hydroxyl groups excluding tert-OH is 1. The SMILES string of the molecule is O=C(NCC(O)C(F)(F)F)Nc1cccc2nccn12. The number of imidazole rings is 1. The van der Waals surface area contributed by atoms with E-state index in [0.717, 1.165) is 0 Å². The molecule has 2 aromatic heterocycles. The molecule has 2 heterocycles. The van der Waals surface area contributed by atoms with Crippen LogP contribution in [0.25, 0.3) is 5.65 Å². The highest BCUT2D eigenvalue weighted by Crippen LogP contribution is 2.19. The number of pyridine rings is 1. The van der Waals surface area contributed by atoms with Crippen molar-refractivity contribution in [2.75, 3.05) is 11.9 Å². The molecule has 2 rings (SSSR count). The fourth-order valence-electron chi connectivity index (χ4n) is 1.52. The molecule has 0 spiro atoms. The molecule has 1 unspecified atom stereocenters. The third-order valence-electron chi connectivity index (χ3n) is 2.50. The highest BCUT2D eigenvalue weighted by molar-refractivity contribution is 5.88. The molecule has 6 nitrogen and oxygen atoms in total. The Morgan fingerprint density at radius 2 is 2.20 bits per heavy atom. The second-order valence-electron chi connectivity index (χ2n) is 3.96. The van der Waals surface area contributed by atoms with Crippen LogP contribution in [0.2, 0.25) is 0 Å². The number of nitrogens with one attached hydrogen (secondary N) is 2. The van der Waals surface area contributed by atoms with Gasteiger partial charge in [-0.15, -0.1) is 0 Å². The van der Waals surface area contributed by atoms with E-state index in [-0.39, 0.29) is 0 Å². The van der Waals surface area contributed by atoms with Crippen LogP contribution in [0.5, 0.6) is 0 Å². The van der Waals surface area contributed by atoms with Crippen molar-refractivity contribution in [3.8, 4) is 0 Å². The number of aliphatic hydroxyl groups is 1. The van der Waals surface area contributed by atoms with E-state index in [0.29, 0.717) is 11.5 Å². The van der Waals surface area contributed by atoms with E-state index in [1.54, 1.807) is 28.8 Å². The van der Waals surface area contributed by atoms with Crippen LogP contribution in [0.1, 0.15) is 0 Å². The quantitative estimate of drug-likeness (QED) is 0.798. The summed E-state index contributed by atoms with van der Waals surface area (Å²) in [6.45, 7) is -0.921. The van der Waals surface area contributed by atoms with Gasteiger partial charge in [-0.25, -0.2) is 9.78 Å². The van der Waals surface area contributed by atoms with Crippen LogP contribution < -0.4 is 10.6 Å². The molecule has 0 aliphatic heterocycles. The number of halogens is 3. The summed E-state index contributed by atoms with van der Waals surface area (Å²) in [4.78, 5) is 15.5. The average molecular weight is 288 g/mol. The van der Waals surface area contributed by atoms with Gasteiger partial charge in [0.25, 0.3) is 0 Å². The van der Waals surface area contributed by atoms with Crippen molar-refractivity contribution < 1.29 is 23.1 Å². The van der Waals surface area contributed by atoms with Gasteiger partial charge in [-0.3, -0.25) is 9.72 Å². The number of nitrogens with zero attached hydrogens (tertiary/aromatic N) is 2. The summed E-state index contributed by atoms with van der Waals surface area (Å²) in [7, 11) is 0. The Morgan fingerprint density at radius 3 is 2.90 bits per heavy atom. The molecule has 0 bridgehead atoms. The van der Waals surface area contributed by atoms with Crippen molar-refractivity contribution in [2.45, 2.75) is 12.3 Å². The molecule has 20 heavy (non-hydrogen) atoms. The van der Waals surface area contributed by atoms with Crippen molar-refractivity contribution in [1.82, 2.24) is 14.7 Å². The van der Waals surface area contributed by atoms with E-state index >= 15 is 0 Å². The molecule has 3 N–H and O–H groups in total. The monoisotopic (exact) mass is 288 g/mol. The predicted octanol–water partition coefficient (Wildman–Crippen LogP) is 1.38. The van der Waals surface area contributed by atoms with Gasteiger partial charge in [-0.05, 0) is 12.1 Å². The van der Waals surface area contributed by atoms with Gasteiger partial charge in [0.05, 0.1) is 6.54 Å². The minimum Gasteiger partial charge on any atom is -0.382 e. The molecule has 9 heteroatoms. The topological polar surface area (TPSA) is 78.7 Å². The number of aromatic nitrogens is 2. The van der Waals surface area contributed by atoms with Gasteiger partial charge in [0.15, 0.2) is 6.10 Å².